The van der Waals surface area contributed by atoms with Crippen molar-refractivity contribution in [2.45, 2.75) is 31.9 Å². The van der Waals surface area contributed by atoms with Gasteiger partial charge in [-0.05, 0) is 42.9 Å². The van der Waals surface area contributed by atoms with Gasteiger partial charge in [-0.3, -0.25) is 0 Å². The fourth-order valence-corrected chi connectivity index (χ4v) is 3.34. The average Bonchev–Trinajstić information content (AvgIpc) is 2.67. The van der Waals surface area contributed by atoms with Gasteiger partial charge in [0.1, 0.15) is 6.61 Å². The van der Waals surface area contributed by atoms with Gasteiger partial charge in [-0.25, -0.2) is 4.79 Å². The number of halogens is 1. The van der Waals surface area contributed by atoms with Crippen LogP contribution in [0.1, 0.15) is 24.0 Å². The molecule has 2 aromatic carbocycles. The maximum atomic E-state index is 11.9. The van der Waals surface area contributed by atoms with Crippen molar-refractivity contribution >= 4 is 18.5 Å². The van der Waals surface area contributed by atoms with E-state index in [-0.39, 0.29) is 18.5 Å². The first-order valence-electron chi connectivity index (χ1n) is 9.01. The minimum absolute atomic E-state index is 0. The maximum Gasteiger partial charge on any atom is 0.407 e. The smallest absolute Gasteiger partial charge is 0.407 e. The predicted octanol–water partition coefficient (Wildman–Crippen LogP) is 3.95. The number of nitrogens with one attached hydrogen (secondary N) is 2. The maximum absolute atomic E-state index is 11.9. The lowest BCUT2D eigenvalue weighted by Gasteiger charge is -2.30. The van der Waals surface area contributed by atoms with Gasteiger partial charge in [-0.1, -0.05) is 60.7 Å². The van der Waals surface area contributed by atoms with Crippen molar-refractivity contribution < 1.29 is 9.53 Å². The number of amides is 1. The monoisotopic (exact) mass is 374 g/mol. The third kappa shape index (κ3) is 6.70. The Balaban J connectivity index is 0.00000243. The highest BCUT2D eigenvalue weighted by molar-refractivity contribution is 5.85. The Morgan fingerprint density at radius 3 is 2.38 bits per heavy atom. The lowest BCUT2D eigenvalue weighted by molar-refractivity contribution is 0.136. The normalized spacial score (nSPS) is 19.2. The Morgan fingerprint density at radius 1 is 1.04 bits per heavy atom. The molecule has 26 heavy (non-hydrogen) atoms. The van der Waals surface area contributed by atoms with Crippen LogP contribution in [-0.4, -0.2) is 25.2 Å². The van der Waals surface area contributed by atoms with Crippen LogP contribution in [0.4, 0.5) is 4.79 Å². The van der Waals surface area contributed by atoms with Gasteiger partial charge in [0.25, 0.3) is 0 Å². The topological polar surface area (TPSA) is 50.4 Å². The van der Waals surface area contributed by atoms with Crippen molar-refractivity contribution in [2.24, 2.45) is 5.92 Å². The fraction of sp³-hybridized carbons (Fsp3) is 0.381. The van der Waals surface area contributed by atoms with E-state index in [1.807, 2.05) is 36.4 Å². The first-order chi connectivity index (χ1) is 12.3. The summed E-state index contributed by atoms with van der Waals surface area (Å²) in [6.45, 7) is 2.00. The van der Waals surface area contributed by atoms with Gasteiger partial charge in [0.05, 0.1) is 0 Å². The van der Waals surface area contributed by atoms with E-state index in [4.69, 9.17) is 4.74 Å². The first-order valence-corrected chi connectivity index (χ1v) is 9.01. The summed E-state index contributed by atoms with van der Waals surface area (Å²) in [5, 5.41) is 6.51. The quantitative estimate of drug-likeness (QED) is 0.805. The van der Waals surface area contributed by atoms with Crippen molar-refractivity contribution in [3.63, 3.8) is 0 Å². The predicted molar refractivity (Wildman–Crippen MR) is 107 cm³/mol. The number of carbonyl (C=O) groups excluding carboxylic acids is 1. The Morgan fingerprint density at radius 2 is 1.69 bits per heavy atom. The van der Waals surface area contributed by atoms with E-state index < -0.39 is 0 Å². The van der Waals surface area contributed by atoms with Crippen LogP contribution in [0.3, 0.4) is 0 Å². The molecular weight excluding hydrogens is 348 g/mol. The third-order valence-electron chi connectivity index (χ3n) is 4.68. The molecular formula is C21H27ClN2O2. The third-order valence-corrected chi connectivity index (χ3v) is 4.68. The van der Waals surface area contributed by atoms with Gasteiger partial charge >= 0.3 is 6.09 Å². The van der Waals surface area contributed by atoms with E-state index in [0.717, 1.165) is 31.4 Å². The van der Waals surface area contributed by atoms with Gasteiger partial charge in [-0.2, -0.15) is 0 Å². The van der Waals surface area contributed by atoms with E-state index in [1.54, 1.807) is 0 Å². The molecule has 0 spiro atoms. The van der Waals surface area contributed by atoms with Gasteiger partial charge in [0, 0.05) is 12.6 Å². The minimum atomic E-state index is -0.331. The van der Waals surface area contributed by atoms with Crippen molar-refractivity contribution in [3.8, 4) is 0 Å². The summed E-state index contributed by atoms with van der Waals surface area (Å²) < 4.78 is 5.28. The number of piperidine rings is 1. The standard InChI is InChI=1S/C21H26N2O2.ClH/c24-21(25-16-18-9-5-2-6-10-18)23-15-19-11-12-22-20(14-19)13-17-7-3-1-4-8-17;/h1-10,19-20,22H,11-16H2,(H,23,24);1H. The number of hydrogen-bond acceptors (Lipinski definition) is 3. The van der Waals surface area contributed by atoms with Crippen LogP contribution in [0.5, 0.6) is 0 Å². The number of rotatable bonds is 6. The Bertz CT molecular complexity index is 652. The van der Waals surface area contributed by atoms with Crippen molar-refractivity contribution in [2.75, 3.05) is 13.1 Å². The number of alkyl carbamates (subject to hydrolysis) is 1. The lowest BCUT2D eigenvalue weighted by Crippen LogP contribution is -2.43. The molecule has 5 heteroatoms. The van der Waals surface area contributed by atoms with Crippen LogP contribution in [0, 0.1) is 5.92 Å². The molecule has 1 saturated heterocycles. The van der Waals surface area contributed by atoms with E-state index >= 15 is 0 Å². The van der Waals surface area contributed by atoms with Gasteiger partial charge < -0.3 is 15.4 Å². The summed E-state index contributed by atoms with van der Waals surface area (Å²) in [4.78, 5) is 11.9. The summed E-state index contributed by atoms with van der Waals surface area (Å²) in [5.74, 6) is 0.499. The molecule has 1 amide bonds. The SMILES string of the molecule is Cl.O=C(NCC1CCNC(Cc2ccccc2)C1)OCc1ccccc1. The molecule has 0 aliphatic carbocycles. The zero-order valence-electron chi connectivity index (χ0n) is 14.9. The molecule has 3 rings (SSSR count). The molecule has 1 heterocycles. The summed E-state index contributed by atoms with van der Waals surface area (Å²) in [7, 11) is 0. The Hall–Kier alpha value is -2.04. The van der Waals surface area contributed by atoms with E-state index in [1.165, 1.54) is 5.56 Å². The zero-order chi connectivity index (χ0) is 17.3. The van der Waals surface area contributed by atoms with E-state index in [9.17, 15) is 4.79 Å². The van der Waals surface area contributed by atoms with Gasteiger partial charge in [-0.15, -0.1) is 12.4 Å². The summed E-state index contributed by atoms with van der Waals surface area (Å²) in [6.07, 6.45) is 2.87. The highest BCUT2D eigenvalue weighted by Crippen LogP contribution is 2.18. The van der Waals surface area contributed by atoms with Crippen molar-refractivity contribution in [1.82, 2.24) is 10.6 Å². The number of benzene rings is 2. The van der Waals surface area contributed by atoms with Crippen LogP contribution < -0.4 is 10.6 Å². The van der Waals surface area contributed by atoms with Crippen molar-refractivity contribution in [3.05, 3.63) is 71.8 Å². The van der Waals surface area contributed by atoms with Crippen LogP contribution >= 0.6 is 12.4 Å². The largest absolute Gasteiger partial charge is 0.445 e. The average molecular weight is 375 g/mol. The van der Waals surface area contributed by atoms with Crippen molar-refractivity contribution in [1.29, 1.82) is 0 Å². The van der Waals surface area contributed by atoms with Gasteiger partial charge in [0.15, 0.2) is 0 Å². The molecule has 1 aliphatic rings. The molecule has 1 aliphatic heterocycles. The number of hydrogen-bond donors (Lipinski definition) is 2. The van der Waals surface area contributed by atoms with Crippen LogP contribution in [-0.2, 0) is 17.8 Å². The molecule has 0 radical (unpaired) electrons. The number of carbonyl (C=O) groups is 1. The summed E-state index contributed by atoms with van der Waals surface area (Å²) in [6, 6.07) is 20.8. The minimum Gasteiger partial charge on any atom is -0.445 e. The molecule has 2 unspecified atom stereocenters. The summed E-state index contributed by atoms with van der Waals surface area (Å²) >= 11 is 0. The highest BCUT2D eigenvalue weighted by Gasteiger charge is 2.22. The molecule has 0 aromatic heterocycles. The van der Waals surface area contributed by atoms with Crippen LogP contribution in [0.25, 0.3) is 0 Å². The second-order valence-electron chi connectivity index (χ2n) is 6.67. The second-order valence-corrected chi connectivity index (χ2v) is 6.67. The van der Waals surface area contributed by atoms with E-state index in [0.29, 0.717) is 25.1 Å². The molecule has 0 saturated carbocycles. The molecule has 2 N–H and O–H groups in total. The highest BCUT2D eigenvalue weighted by atomic mass is 35.5. The van der Waals surface area contributed by atoms with Crippen LogP contribution in [0.15, 0.2) is 60.7 Å². The van der Waals surface area contributed by atoms with E-state index in [2.05, 4.69) is 34.9 Å². The molecule has 2 aromatic rings. The van der Waals surface area contributed by atoms with Gasteiger partial charge in [0.2, 0.25) is 0 Å². The molecule has 1 fully saturated rings. The molecule has 140 valence electrons. The van der Waals surface area contributed by atoms with Crippen LogP contribution in [0.2, 0.25) is 0 Å². The zero-order valence-corrected chi connectivity index (χ0v) is 15.7. The Labute approximate surface area is 161 Å². The molecule has 0 bridgehead atoms. The number of ether oxygens (including phenoxy) is 1. The fourth-order valence-electron chi connectivity index (χ4n) is 3.34. The summed E-state index contributed by atoms with van der Waals surface area (Å²) in [5.41, 5.74) is 2.36. The Kier molecular flexibility index (Phi) is 8.45. The first kappa shape index (κ1) is 20.3. The molecule has 2 atom stereocenters. The second kappa shape index (κ2) is 10.8. The lowest BCUT2D eigenvalue weighted by atomic mass is 9.89. The molecule has 4 nitrogen and oxygen atoms in total.